The van der Waals surface area contributed by atoms with Crippen molar-refractivity contribution in [3.63, 3.8) is 0 Å². The molecule has 1 saturated heterocycles. The van der Waals surface area contributed by atoms with E-state index in [9.17, 15) is 14.0 Å². The second-order valence-corrected chi connectivity index (χ2v) is 4.78. The number of nitrogens with one attached hydrogen (secondary N) is 1. The fourth-order valence-corrected chi connectivity index (χ4v) is 2.04. The van der Waals surface area contributed by atoms with Crippen molar-refractivity contribution in [3.05, 3.63) is 29.6 Å². The molecule has 1 aliphatic rings. The lowest BCUT2D eigenvalue weighted by molar-refractivity contribution is -0.139. The molecule has 0 saturated carbocycles. The zero-order chi connectivity index (χ0) is 14.0. The van der Waals surface area contributed by atoms with E-state index in [0.717, 1.165) is 5.56 Å². The highest BCUT2D eigenvalue weighted by Gasteiger charge is 2.32. The Kier molecular flexibility index (Phi) is 3.69. The molecule has 1 aromatic carbocycles. The van der Waals surface area contributed by atoms with E-state index in [1.54, 1.807) is 12.1 Å². The van der Waals surface area contributed by atoms with Crippen LogP contribution in [0.5, 0.6) is 0 Å². The van der Waals surface area contributed by atoms with Gasteiger partial charge in [0.2, 0.25) is 0 Å². The Morgan fingerprint density at radius 3 is 2.79 bits per heavy atom. The minimum absolute atomic E-state index is 0.00870. The summed E-state index contributed by atoms with van der Waals surface area (Å²) in [5.41, 5.74) is 0.996. The maximum absolute atomic E-state index is 13.5. The van der Waals surface area contributed by atoms with Gasteiger partial charge in [0.15, 0.2) is 0 Å². The molecular formula is C13H15FN2O3. The van der Waals surface area contributed by atoms with Crippen molar-refractivity contribution < 1.29 is 19.1 Å². The van der Waals surface area contributed by atoms with Gasteiger partial charge in [-0.25, -0.2) is 9.18 Å². The minimum atomic E-state index is -0.866. The van der Waals surface area contributed by atoms with Crippen molar-refractivity contribution in [1.82, 2.24) is 4.90 Å². The van der Waals surface area contributed by atoms with Crippen molar-refractivity contribution in [3.8, 4) is 0 Å². The summed E-state index contributed by atoms with van der Waals surface area (Å²) in [4.78, 5) is 23.7. The molecule has 2 N–H and O–H groups in total. The molecule has 6 heteroatoms. The Balaban J connectivity index is 1.89. The van der Waals surface area contributed by atoms with Gasteiger partial charge in [-0.05, 0) is 24.6 Å². The third-order valence-electron chi connectivity index (χ3n) is 3.07. The molecular weight excluding hydrogens is 251 g/mol. The molecule has 0 atom stereocenters. The molecule has 2 rings (SSSR count). The zero-order valence-electron chi connectivity index (χ0n) is 10.5. The first kappa shape index (κ1) is 13.3. The molecule has 1 aromatic rings. The van der Waals surface area contributed by atoms with Gasteiger partial charge in [0, 0.05) is 19.0 Å². The number of urea groups is 1. The molecule has 2 amide bonds. The van der Waals surface area contributed by atoms with Gasteiger partial charge in [0.05, 0.1) is 12.1 Å². The van der Waals surface area contributed by atoms with Crippen LogP contribution in [0.2, 0.25) is 0 Å². The topological polar surface area (TPSA) is 69.6 Å². The van der Waals surface area contributed by atoms with Gasteiger partial charge in [0.1, 0.15) is 5.82 Å². The molecule has 0 unspecified atom stereocenters. The quantitative estimate of drug-likeness (QED) is 0.880. The summed E-state index contributed by atoms with van der Waals surface area (Å²) >= 11 is 0. The number of aliphatic carboxylic acids is 1. The van der Waals surface area contributed by atoms with E-state index in [-0.39, 0.29) is 18.0 Å². The number of hydrogen-bond acceptors (Lipinski definition) is 2. The lowest BCUT2D eigenvalue weighted by Gasteiger charge is -2.38. The molecule has 0 aromatic heterocycles. The third-order valence-corrected chi connectivity index (χ3v) is 3.07. The average Bonchev–Trinajstić information content (AvgIpc) is 2.27. The highest BCUT2D eigenvalue weighted by atomic mass is 19.1. The normalized spacial score (nSPS) is 14.9. The number of amides is 2. The number of hydrogen-bond donors (Lipinski definition) is 2. The van der Waals surface area contributed by atoms with Gasteiger partial charge in [0.25, 0.3) is 0 Å². The molecule has 0 aliphatic carbocycles. The second-order valence-electron chi connectivity index (χ2n) is 4.78. The van der Waals surface area contributed by atoms with Gasteiger partial charge in [-0.1, -0.05) is 6.07 Å². The van der Waals surface area contributed by atoms with E-state index >= 15 is 0 Å². The molecule has 0 radical (unpaired) electrons. The Bertz CT molecular complexity index is 513. The fourth-order valence-electron chi connectivity index (χ4n) is 2.04. The summed E-state index contributed by atoms with van der Waals surface area (Å²) in [6.07, 6.45) is 0.0581. The number of carboxylic acids is 1. The molecule has 0 bridgehead atoms. The SMILES string of the molecule is Cc1ccc(F)c(NC(=O)N2CC(CC(=O)O)C2)c1. The van der Waals surface area contributed by atoms with Gasteiger partial charge in [-0.3, -0.25) is 4.79 Å². The first-order chi connectivity index (χ1) is 8.95. The smallest absolute Gasteiger partial charge is 0.321 e. The largest absolute Gasteiger partial charge is 0.481 e. The monoisotopic (exact) mass is 266 g/mol. The number of carbonyl (C=O) groups is 2. The number of benzene rings is 1. The van der Waals surface area contributed by atoms with Crippen molar-refractivity contribution >= 4 is 17.7 Å². The summed E-state index contributed by atoms with van der Waals surface area (Å²) in [7, 11) is 0. The van der Waals surface area contributed by atoms with Crippen molar-refractivity contribution in [1.29, 1.82) is 0 Å². The number of halogens is 1. The van der Waals surface area contributed by atoms with Gasteiger partial charge >= 0.3 is 12.0 Å². The number of aryl methyl sites for hydroxylation is 1. The highest BCUT2D eigenvalue weighted by Crippen LogP contribution is 2.21. The van der Waals surface area contributed by atoms with E-state index in [0.29, 0.717) is 13.1 Å². The summed E-state index contributed by atoms with van der Waals surface area (Å²) in [5.74, 6) is -1.36. The number of carbonyl (C=O) groups excluding carboxylic acids is 1. The summed E-state index contributed by atoms with van der Waals surface area (Å²) in [6.45, 7) is 2.60. The Morgan fingerprint density at radius 1 is 1.47 bits per heavy atom. The number of rotatable bonds is 3. The van der Waals surface area contributed by atoms with E-state index in [1.165, 1.54) is 11.0 Å². The lowest BCUT2D eigenvalue weighted by atomic mass is 9.97. The van der Waals surface area contributed by atoms with Crippen LogP contribution in [0.25, 0.3) is 0 Å². The molecule has 1 aliphatic heterocycles. The van der Waals surface area contributed by atoms with Crippen molar-refractivity contribution in [2.24, 2.45) is 5.92 Å². The number of carboxylic acid groups (broad SMARTS) is 1. The van der Waals surface area contributed by atoms with Crippen LogP contribution in [0.4, 0.5) is 14.9 Å². The van der Waals surface area contributed by atoms with Gasteiger partial charge < -0.3 is 15.3 Å². The van der Waals surface area contributed by atoms with Crippen molar-refractivity contribution in [2.75, 3.05) is 18.4 Å². The van der Waals surface area contributed by atoms with Gasteiger partial charge in [-0.15, -0.1) is 0 Å². The minimum Gasteiger partial charge on any atom is -0.481 e. The molecule has 5 nitrogen and oxygen atoms in total. The summed E-state index contributed by atoms with van der Waals surface area (Å²) in [6, 6.07) is 4.08. The molecule has 1 heterocycles. The molecule has 0 spiro atoms. The van der Waals surface area contributed by atoms with Crippen molar-refractivity contribution in [2.45, 2.75) is 13.3 Å². The van der Waals surface area contributed by atoms with Crippen LogP contribution in [-0.4, -0.2) is 35.1 Å². The molecule has 19 heavy (non-hydrogen) atoms. The van der Waals surface area contributed by atoms with Crippen LogP contribution < -0.4 is 5.32 Å². The van der Waals surface area contributed by atoms with Gasteiger partial charge in [-0.2, -0.15) is 0 Å². The van der Waals surface area contributed by atoms with Crippen LogP contribution in [-0.2, 0) is 4.79 Å². The van der Waals surface area contributed by atoms with Crippen LogP contribution >= 0.6 is 0 Å². The van der Waals surface area contributed by atoms with Crippen LogP contribution in [0.1, 0.15) is 12.0 Å². The zero-order valence-corrected chi connectivity index (χ0v) is 10.5. The first-order valence-corrected chi connectivity index (χ1v) is 5.99. The van der Waals surface area contributed by atoms with Crippen LogP contribution in [0, 0.1) is 18.7 Å². The number of anilines is 1. The average molecular weight is 266 g/mol. The lowest BCUT2D eigenvalue weighted by Crippen LogP contribution is -2.52. The molecule has 1 fully saturated rings. The third kappa shape index (κ3) is 3.21. The Morgan fingerprint density at radius 2 is 2.16 bits per heavy atom. The first-order valence-electron chi connectivity index (χ1n) is 5.99. The predicted octanol–water partition coefficient (Wildman–Crippen LogP) is 2.07. The van der Waals surface area contributed by atoms with E-state index < -0.39 is 17.8 Å². The van der Waals surface area contributed by atoms with E-state index in [1.807, 2.05) is 6.92 Å². The van der Waals surface area contributed by atoms with Crippen LogP contribution in [0.3, 0.4) is 0 Å². The molecule has 102 valence electrons. The number of likely N-dealkylation sites (tertiary alicyclic amines) is 1. The Labute approximate surface area is 110 Å². The van der Waals surface area contributed by atoms with E-state index in [2.05, 4.69) is 5.32 Å². The van der Waals surface area contributed by atoms with E-state index in [4.69, 9.17) is 5.11 Å². The summed E-state index contributed by atoms with van der Waals surface area (Å²) in [5, 5.41) is 11.1. The highest BCUT2D eigenvalue weighted by molar-refractivity contribution is 5.90. The predicted molar refractivity (Wildman–Crippen MR) is 67.5 cm³/mol. The Hall–Kier alpha value is -2.11. The fraction of sp³-hybridized carbons (Fsp3) is 0.385. The maximum atomic E-state index is 13.5. The standard InChI is InChI=1S/C13H15FN2O3/c1-8-2-3-10(14)11(4-8)15-13(19)16-6-9(7-16)5-12(17)18/h2-4,9H,5-7H2,1H3,(H,15,19)(H,17,18). The number of nitrogens with zero attached hydrogens (tertiary/aromatic N) is 1. The maximum Gasteiger partial charge on any atom is 0.321 e. The van der Waals surface area contributed by atoms with Crippen LogP contribution in [0.15, 0.2) is 18.2 Å². The second kappa shape index (κ2) is 5.26. The summed E-state index contributed by atoms with van der Waals surface area (Å²) < 4.78 is 13.5.